The monoisotopic (exact) mass is 450 g/mol. The zero-order chi connectivity index (χ0) is 22.2. The van der Waals surface area contributed by atoms with Crippen LogP contribution in [0.15, 0.2) is 42.5 Å². The van der Waals surface area contributed by atoms with Crippen LogP contribution in [0.3, 0.4) is 0 Å². The Morgan fingerprint density at radius 3 is 2.35 bits per heavy atom. The van der Waals surface area contributed by atoms with Crippen LogP contribution in [0.4, 0.5) is 13.2 Å². The number of rotatable bonds is 8. The van der Waals surface area contributed by atoms with Gasteiger partial charge in [-0.05, 0) is 92.7 Å². The molecule has 1 aliphatic rings. The molecule has 0 aromatic heterocycles. The lowest BCUT2D eigenvalue weighted by molar-refractivity contribution is -0.116. The molecule has 0 unspecified atom stereocenters. The summed E-state index contributed by atoms with van der Waals surface area (Å²) in [5, 5.41) is 3.51. The van der Waals surface area contributed by atoms with Crippen molar-refractivity contribution in [2.75, 3.05) is 26.2 Å². The third kappa shape index (κ3) is 7.11. The third-order valence-corrected chi connectivity index (χ3v) is 5.81. The van der Waals surface area contributed by atoms with Crippen molar-refractivity contribution in [3.8, 4) is 0 Å². The number of piperidine rings is 1. The highest BCUT2D eigenvalue weighted by Crippen LogP contribution is 2.28. The summed E-state index contributed by atoms with van der Waals surface area (Å²) in [5.74, 6) is -3.85. The summed E-state index contributed by atoms with van der Waals surface area (Å²) < 4.78 is 39.3. The number of halogens is 4. The van der Waals surface area contributed by atoms with Crippen LogP contribution in [-0.4, -0.2) is 37.0 Å². The van der Waals surface area contributed by atoms with E-state index < -0.39 is 17.5 Å². The minimum atomic E-state index is -1.52. The van der Waals surface area contributed by atoms with Gasteiger partial charge in [-0.25, -0.2) is 13.2 Å². The predicted molar refractivity (Wildman–Crippen MR) is 117 cm³/mol. The maximum Gasteiger partial charge on any atom is 0.243 e. The van der Waals surface area contributed by atoms with Crippen LogP contribution in [-0.2, 0) is 4.79 Å². The maximum atomic E-state index is 13.2. The van der Waals surface area contributed by atoms with Gasteiger partial charge in [0.25, 0.3) is 0 Å². The van der Waals surface area contributed by atoms with E-state index in [1.54, 1.807) is 0 Å². The van der Waals surface area contributed by atoms with E-state index in [4.69, 9.17) is 11.6 Å². The molecular formula is C24H26ClF3N2O. The largest absolute Gasteiger partial charge is 0.353 e. The van der Waals surface area contributed by atoms with Gasteiger partial charge in [0, 0.05) is 17.6 Å². The van der Waals surface area contributed by atoms with Crippen LogP contribution < -0.4 is 5.32 Å². The normalized spacial score (nSPS) is 15.5. The highest BCUT2D eigenvalue weighted by Gasteiger charge is 2.20. The van der Waals surface area contributed by atoms with Crippen molar-refractivity contribution in [2.24, 2.45) is 0 Å². The smallest absolute Gasteiger partial charge is 0.243 e. The maximum absolute atomic E-state index is 13.2. The molecule has 7 heteroatoms. The van der Waals surface area contributed by atoms with Crippen LogP contribution in [0.1, 0.15) is 42.7 Å². The Kier molecular flexibility index (Phi) is 8.55. The van der Waals surface area contributed by atoms with Gasteiger partial charge in [-0.2, -0.15) is 0 Å². The molecule has 0 atom stereocenters. The number of carbonyl (C=O) groups is 1. The van der Waals surface area contributed by atoms with Crippen LogP contribution >= 0.6 is 11.6 Å². The molecule has 3 nitrogen and oxygen atoms in total. The molecular weight excluding hydrogens is 425 g/mol. The summed E-state index contributed by atoms with van der Waals surface area (Å²) in [6, 6.07) is 9.81. The van der Waals surface area contributed by atoms with E-state index in [0.717, 1.165) is 62.5 Å². The van der Waals surface area contributed by atoms with Gasteiger partial charge in [0.2, 0.25) is 5.91 Å². The minimum absolute atomic E-state index is 0.0913. The molecule has 0 spiro atoms. The fourth-order valence-electron chi connectivity index (χ4n) is 3.80. The lowest BCUT2D eigenvalue weighted by atomic mass is 9.89. The van der Waals surface area contributed by atoms with E-state index in [1.165, 1.54) is 17.7 Å². The van der Waals surface area contributed by atoms with Crippen molar-refractivity contribution < 1.29 is 18.0 Å². The highest BCUT2D eigenvalue weighted by atomic mass is 35.5. The first-order chi connectivity index (χ1) is 14.9. The SMILES string of the molecule is O=C(/C=C/c1cc(F)c(F)c(F)c1)NCCCCN1CCC(c2ccc(Cl)cc2)CC1. The number of unbranched alkanes of at least 4 members (excludes halogenated alkanes) is 1. The van der Waals surface area contributed by atoms with Gasteiger partial charge in [0.05, 0.1) is 0 Å². The first kappa shape index (κ1) is 23.4. The number of hydrogen-bond acceptors (Lipinski definition) is 2. The van der Waals surface area contributed by atoms with E-state index >= 15 is 0 Å². The van der Waals surface area contributed by atoms with E-state index in [0.29, 0.717) is 12.5 Å². The summed E-state index contributed by atoms with van der Waals surface area (Å²) in [5.41, 5.74) is 1.44. The zero-order valence-corrected chi connectivity index (χ0v) is 18.0. The summed E-state index contributed by atoms with van der Waals surface area (Å²) >= 11 is 5.96. The molecule has 2 aromatic carbocycles. The van der Waals surface area contributed by atoms with Gasteiger partial charge in [-0.3, -0.25) is 4.79 Å². The number of nitrogens with zero attached hydrogens (tertiary/aromatic N) is 1. The van der Waals surface area contributed by atoms with Crippen LogP contribution in [0.5, 0.6) is 0 Å². The third-order valence-electron chi connectivity index (χ3n) is 5.56. The molecule has 1 heterocycles. The second kappa shape index (κ2) is 11.3. The predicted octanol–water partition coefficient (Wildman–Crippen LogP) is 5.55. The highest BCUT2D eigenvalue weighted by molar-refractivity contribution is 6.30. The average molecular weight is 451 g/mol. The molecule has 3 rings (SSSR count). The Hall–Kier alpha value is -2.31. The van der Waals surface area contributed by atoms with E-state index in [-0.39, 0.29) is 11.5 Å². The van der Waals surface area contributed by atoms with Crippen LogP contribution in [0.2, 0.25) is 5.02 Å². The van der Waals surface area contributed by atoms with Gasteiger partial charge < -0.3 is 10.2 Å². The van der Waals surface area contributed by atoms with Gasteiger partial charge >= 0.3 is 0 Å². The summed E-state index contributed by atoms with van der Waals surface area (Å²) in [4.78, 5) is 14.3. The molecule has 0 radical (unpaired) electrons. The molecule has 31 heavy (non-hydrogen) atoms. The number of benzene rings is 2. The number of amides is 1. The molecule has 1 N–H and O–H groups in total. The molecule has 166 valence electrons. The molecule has 1 saturated heterocycles. The van der Waals surface area contributed by atoms with E-state index in [9.17, 15) is 18.0 Å². The fourth-order valence-corrected chi connectivity index (χ4v) is 3.93. The lowest BCUT2D eigenvalue weighted by Gasteiger charge is -2.32. The first-order valence-electron chi connectivity index (χ1n) is 10.5. The van der Waals surface area contributed by atoms with Gasteiger partial charge in [-0.1, -0.05) is 23.7 Å². The Morgan fingerprint density at radius 2 is 1.71 bits per heavy atom. The summed E-state index contributed by atoms with van der Waals surface area (Å²) in [6.45, 7) is 3.64. The molecule has 0 saturated carbocycles. The molecule has 2 aromatic rings. The second-order valence-corrected chi connectivity index (χ2v) is 8.23. The van der Waals surface area contributed by atoms with E-state index in [1.807, 2.05) is 12.1 Å². The van der Waals surface area contributed by atoms with Gasteiger partial charge in [0.15, 0.2) is 17.5 Å². The Balaban J connectivity index is 1.30. The fraction of sp³-hybridized carbons (Fsp3) is 0.375. The molecule has 0 bridgehead atoms. The summed E-state index contributed by atoms with van der Waals surface area (Å²) in [6.07, 6.45) is 6.53. The summed E-state index contributed by atoms with van der Waals surface area (Å²) in [7, 11) is 0. The minimum Gasteiger partial charge on any atom is -0.353 e. The molecule has 1 aliphatic heterocycles. The molecule has 1 amide bonds. The number of carbonyl (C=O) groups excluding carboxylic acids is 1. The van der Waals surface area contributed by atoms with Crippen LogP contribution in [0, 0.1) is 17.5 Å². The quantitative estimate of drug-likeness (QED) is 0.325. The topological polar surface area (TPSA) is 32.3 Å². The van der Waals surface area contributed by atoms with Crippen molar-refractivity contribution in [3.05, 3.63) is 76.1 Å². The van der Waals surface area contributed by atoms with Crippen molar-refractivity contribution in [3.63, 3.8) is 0 Å². The first-order valence-corrected chi connectivity index (χ1v) is 10.9. The number of nitrogens with one attached hydrogen (secondary N) is 1. The Morgan fingerprint density at radius 1 is 1.06 bits per heavy atom. The van der Waals surface area contributed by atoms with Gasteiger partial charge in [-0.15, -0.1) is 0 Å². The standard InChI is InChI=1S/C24H26ClF3N2O/c25-20-6-4-18(5-7-20)19-9-13-30(14-10-19)12-2-1-11-29-23(31)8-3-17-15-21(26)24(28)22(27)16-17/h3-8,15-16,19H,1-2,9-14H2,(H,29,31)/b8-3+. The van der Waals surface area contributed by atoms with E-state index in [2.05, 4.69) is 22.3 Å². The van der Waals surface area contributed by atoms with Gasteiger partial charge in [0.1, 0.15) is 0 Å². The zero-order valence-electron chi connectivity index (χ0n) is 17.2. The number of likely N-dealkylation sites (tertiary alicyclic amines) is 1. The van der Waals surface area contributed by atoms with Crippen molar-refractivity contribution in [1.29, 1.82) is 0 Å². The lowest BCUT2D eigenvalue weighted by Crippen LogP contribution is -2.34. The molecule has 0 aliphatic carbocycles. The number of hydrogen-bond donors (Lipinski definition) is 1. The Bertz CT molecular complexity index is 887. The molecule has 1 fully saturated rings. The van der Waals surface area contributed by atoms with Crippen LogP contribution in [0.25, 0.3) is 6.08 Å². The average Bonchev–Trinajstić information content (AvgIpc) is 2.76. The second-order valence-electron chi connectivity index (χ2n) is 7.80. The Labute approximate surface area is 185 Å². The van der Waals surface area contributed by atoms with Crippen molar-refractivity contribution in [2.45, 2.75) is 31.6 Å². The van der Waals surface area contributed by atoms with Crippen molar-refractivity contribution >= 4 is 23.6 Å². The van der Waals surface area contributed by atoms with Crippen molar-refractivity contribution in [1.82, 2.24) is 10.2 Å².